The van der Waals surface area contributed by atoms with Gasteiger partial charge in [-0.2, -0.15) is 15.4 Å². The van der Waals surface area contributed by atoms with E-state index in [4.69, 9.17) is 5.84 Å². The summed E-state index contributed by atoms with van der Waals surface area (Å²) in [7, 11) is 0. The summed E-state index contributed by atoms with van der Waals surface area (Å²) in [5.74, 6) is 5.40. The van der Waals surface area contributed by atoms with Crippen molar-refractivity contribution >= 4 is 0 Å². The van der Waals surface area contributed by atoms with Crippen molar-refractivity contribution in [2.45, 2.75) is 6.04 Å². The Bertz CT molecular complexity index is 370. The maximum absolute atomic E-state index is 5.40. The first-order valence-corrected chi connectivity index (χ1v) is 3.99. The van der Waals surface area contributed by atoms with Crippen molar-refractivity contribution in [1.82, 2.24) is 30.8 Å². The number of aromatic amines is 1. The van der Waals surface area contributed by atoms with Crippen molar-refractivity contribution in [1.29, 1.82) is 0 Å². The molecule has 7 heteroatoms. The predicted molar refractivity (Wildman–Crippen MR) is 47.6 cm³/mol. The molecule has 0 saturated carbocycles. The normalized spacial score (nSPS) is 12.6. The molecule has 0 aliphatic carbocycles. The van der Waals surface area contributed by atoms with Crippen LogP contribution in [0.5, 0.6) is 0 Å². The third-order valence-electron chi connectivity index (χ3n) is 1.77. The molecule has 0 fully saturated rings. The van der Waals surface area contributed by atoms with Crippen LogP contribution in [0.15, 0.2) is 24.8 Å². The highest BCUT2D eigenvalue weighted by molar-refractivity contribution is 5.15. The lowest BCUT2D eigenvalue weighted by Crippen LogP contribution is -2.29. The SMILES string of the molecule is NNC(c1cnccn1)c1cn[nH]n1. The van der Waals surface area contributed by atoms with E-state index in [0.29, 0.717) is 11.4 Å². The molecule has 0 radical (unpaired) electrons. The molecule has 0 saturated heterocycles. The number of aromatic nitrogens is 5. The minimum Gasteiger partial charge on any atom is -0.270 e. The summed E-state index contributed by atoms with van der Waals surface area (Å²) in [5, 5.41) is 10.1. The van der Waals surface area contributed by atoms with Crippen LogP contribution in [0.3, 0.4) is 0 Å². The van der Waals surface area contributed by atoms with Crippen molar-refractivity contribution in [2.75, 3.05) is 0 Å². The van der Waals surface area contributed by atoms with E-state index in [1.807, 2.05) is 0 Å². The first-order chi connectivity index (χ1) is 6.92. The summed E-state index contributed by atoms with van der Waals surface area (Å²) in [6, 6.07) is -0.289. The molecular formula is C7H9N7. The molecule has 14 heavy (non-hydrogen) atoms. The molecule has 7 nitrogen and oxygen atoms in total. The maximum Gasteiger partial charge on any atom is 0.110 e. The van der Waals surface area contributed by atoms with Crippen LogP contribution in [0.4, 0.5) is 0 Å². The number of hydrogen-bond acceptors (Lipinski definition) is 6. The van der Waals surface area contributed by atoms with Crippen molar-refractivity contribution < 1.29 is 0 Å². The molecule has 0 spiro atoms. The zero-order chi connectivity index (χ0) is 9.80. The van der Waals surface area contributed by atoms with E-state index < -0.39 is 0 Å². The van der Waals surface area contributed by atoms with Gasteiger partial charge >= 0.3 is 0 Å². The Hall–Kier alpha value is -1.86. The quantitative estimate of drug-likeness (QED) is 0.431. The van der Waals surface area contributed by atoms with Crippen LogP contribution in [-0.4, -0.2) is 25.4 Å². The monoisotopic (exact) mass is 191 g/mol. The summed E-state index contributed by atoms with van der Waals surface area (Å²) in [5.41, 5.74) is 3.97. The zero-order valence-corrected chi connectivity index (χ0v) is 7.25. The fourth-order valence-electron chi connectivity index (χ4n) is 1.13. The number of hydrogen-bond donors (Lipinski definition) is 3. The summed E-state index contributed by atoms with van der Waals surface area (Å²) < 4.78 is 0. The summed E-state index contributed by atoms with van der Waals surface area (Å²) in [6.45, 7) is 0. The Morgan fingerprint density at radius 2 is 2.21 bits per heavy atom. The minimum absolute atomic E-state index is 0.289. The molecule has 1 unspecified atom stereocenters. The molecule has 0 aliphatic heterocycles. The Morgan fingerprint density at radius 3 is 2.79 bits per heavy atom. The molecule has 2 rings (SSSR count). The minimum atomic E-state index is -0.289. The largest absolute Gasteiger partial charge is 0.270 e. The van der Waals surface area contributed by atoms with Crippen LogP contribution < -0.4 is 11.3 Å². The average Bonchev–Trinajstić information content (AvgIpc) is 2.74. The topological polar surface area (TPSA) is 105 Å². The molecule has 0 aliphatic rings. The van der Waals surface area contributed by atoms with Gasteiger partial charge in [0.1, 0.15) is 11.7 Å². The van der Waals surface area contributed by atoms with Crippen molar-refractivity contribution in [3.63, 3.8) is 0 Å². The van der Waals surface area contributed by atoms with Gasteiger partial charge in [-0.25, -0.2) is 5.43 Å². The number of rotatable bonds is 3. The lowest BCUT2D eigenvalue weighted by molar-refractivity contribution is 0.600. The molecule has 0 amide bonds. The Labute approximate surface area is 79.7 Å². The van der Waals surface area contributed by atoms with E-state index in [9.17, 15) is 0 Å². The number of nitrogens with one attached hydrogen (secondary N) is 2. The van der Waals surface area contributed by atoms with E-state index in [1.54, 1.807) is 24.8 Å². The average molecular weight is 191 g/mol. The van der Waals surface area contributed by atoms with E-state index in [1.165, 1.54) is 0 Å². The van der Waals surface area contributed by atoms with Gasteiger partial charge in [0.15, 0.2) is 0 Å². The maximum atomic E-state index is 5.40. The third-order valence-corrected chi connectivity index (χ3v) is 1.77. The number of nitrogens with zero attached hydrogens (tertiary/aromatic N) is 4. The van der Waals surface area contributed by atoms with E-state index in [-0.39, 0.29) is 6.04 Å². The molecule has 0 bridgehead atoms. The Balaban J connectivity index is 2.31. The standard InChI is InChI=1S/C7H9N7/c8-12-7(6-4-11-14-13-6)5-3-9-1-2-10-5/h1-4,7,12H,8H2,(H,11,13,14). The van der Waals surface area contributed by atoms with Crippen molar-refractivity contribution in [3.8, 4) is 0 Å². The first kappa shape index (κ1) is 8.73. The molecule has 2 aromatic heterocycles. The van der Waals surface area contributed by atoms with Crippen LogP contribution in [0.2, 0.25) is 0 Å². The smallest absolute Gasteiger partial charge is 0.110 e. The molecule has 4 N–H and O–H groups in total. The zero-order valence-electron chi connectivity index (χ0n) is 7.25. The molecule has 1 atom stereocenters. The van der Waals surface area contributed by atoms with Crippen LogP contribution in [0.25, 0.3) is 0 Å². The lowest BCUT2D eigenvalue weighted by atomic mass is 10.2. The lowest BCUT2D eigenvalue weighted by Gasteiger charge is -2.10. The van der Waals surface area contributed by atoms with Crippen molar-refractivity contribution in [3.05, 3.63) is 36.2 Å². The van der Waals surface area contributed by atoms with Gasteiger partial charge in [-0.3, -0.25) is 15.8 Å². The van der Waals surface area contributed by atoms with E-state index >= 15 is 0 Å². The van der Waals surface area contributed by atoms with Gasteiger partial charge in [0.2, 0.25) is 0 Å². The number of nitrogens with two attached hydrogens (primary N) is 1. The second-order valence-corrected chi connectivity index (χ2v) is 2.62. The summed E-state index contributed by atoms with van der Waals surface area (Å²) in [6.07, 6.45) is 6.40. The number of H-pyrrole nitrogens is 1. The second-order valence-electron chi connectivity index (χ2n) is 2.62. The predicted octanol–water partition coefficient (Wildman–Crippen LogP) is -0.853. The van der Waals surface area contributed by atoms with Crippen LogP contribution >= 0.6 is 0 Å². The highest BCUT2D eigenvalue weighted by Crippen LogP contribution is 2.14. The summed E-state index contributed by atoms with van der Waals surface area (Å²) in [4.78, 5) is 8.07. The van der Waals surface area contributed by atoms with Gasteiger partial charge in [0.25, 0.3) is 0 Å². The fourth-order valence-corrected chi connectivity index (χ4v) is 1.13. The van der Waals surface area contributed by atoms with Gasteiger partial charge in [0, 0.05) is 12.4 Å². The van der Waals surface area contributed by atoms with Gasteiger partial charge in [-0.15, -0.1) is 0 Å². The van der Waals surface area contributed by atoms with Gasteiger partial charge in [-0.05, 0) is 0 Å². The fraction of sp³-hybridized carbons (Fsp3) is 0.143. The molecule has 0 aromatic carbocycles. The van der Waals surface area contributed by atoms with Crippen LogP contribution in [0, 0.1) is 0 Å². The molecule has 2 heterocycles. The van der Waals surface area contributed by atoms with Gasteiger partial charge < -0.3 is 0 Å². The van der Waals surface area contributed by atoms with Crippen LogP contribution in [-0.2, 0) is 0 Å². The van der Waals surface area contributed by atoms with E-state index in [0.717, 1.165) is 0 Å². The third kappa shape index (κ3) is 1.58. The Morgan fingerprint density at radius 1 is 1.29 bits per heavy atom. The van der Waals surface area contributed by atoms with Crippen molar-refractivity contribution in [2.24, 2.45) is 5.84 Å². The van der Waals surface area contributed by atoms with E-state index in [2.05, 4.69) is 30.8 Å². The summed E-state index contributed by atoms with van der Waals surface area (Å²) >= 11 is 0. The number of hydrazine groups is 1. The first-order valence-electron chi connectivity index (χ1n) is 3.99. The van der Waals surface area contributed by atoms with Crippen LogP contribution in [0.1, 0.15) is 17.4 Å². The highest BCUT2D eigenvalue weighted by Gasteiger charge is 2.15. The molecular weight excluding hydrogens is 182 g/mol. The van der Waals surface area contributed by atoms with Gasteiger partial charge in [0.05, 0.1) is 18.1 Å². The Kier molecular flexibility index (Phi) is 2.43. The molecule has 72 valence electrons. The van der Waals surface area contributed by atoms with Gasteiger partial charge in [-0.1, -0.05) is 0 Å². The molecule has 2 aromatic rings. The highest BCUT2D eigenvalue weighted by atomic mass is 15.3. The second kappa shape index (κ2) is 3.90.